The van der Waals surface area contributed by atoms with E-state index < -0.39 is 10.9 Å². The molecule has 0 aromatic heterocycles. The Morgan fingerprint density at radius 3 is 2.41 bits per heavy atom. The fourth-order valence-electron chi connectivity index (χ4n) is 2.25. The molecule has 0 aliphatic rings. The van der Waals surface area contributed by atoms with E-state index in [-0.39, 0.29) is 12.2 Å². The van der Waals surface area contributed by atoms with E-state index in [1.165, 1.54) is 12.1 Å². The van der Waals surface area contributed by atoms with E-state index in [9.17, 15) is 14.9 Å². The Labute approximate surface area is 130 Å². The molecule has 0 aliphatic carbocycles. The largest absolute Gasteiger partial charge is 0.480 e. The number of rotatable bonds is 10. The Hall–Kier alpha value is -1.99. The number of benzene rings is 1. The van der Waals surface area contributed by atoms with Crippen molar-refractivity contribution in [2.45, 2.75) is 20.4 Å². The first kappa shape index (κ1) is 18.1. The highest BCUT2D eigenvalue weighted by molar-refractivity contribution is 5.69. The minimum Gasteiger partial charge on any atom is -0.480 e. The summed E-state index contributed by atoms with van der Waals surface area (Å²) in [5, 5.41) is 19.8. The van der Waals surface area contributed by atoms with Crippen LogP contribution in [-0.2, 0) is 11.3 Å². The van der Waals surface area contributed by atoms with E-state index in [0.717, 1.165) is 25.2 Å². The Balaban J connectivity index is 2.73. The predicted molar refractivity (Wildman–Crippen MR) is 83.8 cm³/mol. The number of likely N-dealkylation sites (N-methyl/N-ethyl adjacent to an activating group) is 1. The van der Waals surface area contributed by atoms with Crippen molar-refractivity contribution in [3.05, 3.63) is 39.9 Å². The van der Waals surface area contributed by atoms with Crippen LogP contribution < -0.4 is 0 Å². The number of nitro groups is 1. The lowest BCUT2D eigenvalue weighted by molar-refractivity contribution is -0.384. The Bertz CT molecular complexity index is 503. The second-order valence-corrected chi connectivity index (χ2v) is 5.06. The van der Waals surface area contributed by atoms with Crippen LogP contribution in [-0.4, -0.2) is 58.5 Å². The molecule has 0 radical (unpaired) electrons. The van der Waals surface area contributed by atoms with Crippen molar-refractivity contribution in [1.29, 1.82) is 0 Å². The summed E-state index contributed by atoms with van der Waals surface area (Å²) in [6.07, 6.45) is 0. The van der Waals surface area contributed by atoms with Gasteiger partial charge in [-0.3, -0.25) is 19.8 Å². The normalized spacial score (nSPS) is 11.1. The maximum absolute atomic E-state index is 11.0. The van der Waals surface area contributed by atoms with Crippen molar-refractivity contribution in [3.8, 4) is 0 Å². The van der Waals surface area contributed by atoms with Gasteiger partial charge in [0.1, 0.15) is 0 Å². The standard InChI is InChI=1S/C15H23N3O4/c1-3-16(4-2)8-9-17(12-15(19)20)11-13-6-5-7-14(10-13)18(21)22/h5-7,10H,3-4,8-9,11-12H2,1-2H3,(H,19,20). The summed E-state index contributed by atoms with van der Waals surface area (Å²) in [4.78, 5) is 25.4. The second-order valence-electron chi connectivity index (χ2n) is 5.06. The quantitative estimate of drug-likeness (QED) is 0.524. The number of carbonyl (C=O) groups is 1. The zero-order valence-electron chi connectivity index (χ0n) is 13.1. The number of non-ortho nitro benzene ring substituents is 1. The first-order chi connectivity index (χ1) is 10.5. The fraction of sp³-hybridized carbons (Fsp3) is 0.533. The van der Waals surface area contributed by atoms with E-state index in [4.69, 9.17) is 5.11 Å². The highest BCUT2D eigenvalue weighted by atomic mass is 16.6. The highest BCUT2D eigenvalue weighted by Gasteiger charge is 2.13. The summed E-state index contributed by atoms with van der Waals surface area (Å²) in [5.74, 6) is -0.898. The molecule has 22 heavy (non-hydrogen) atoms. The van der Waals surface area contributed by atoms with E-state index in [0.29, 0.717) is 13.1 Å². The van der Waals surface area contributed by atoms with Gasteiger partial charge in [0, 0.05) is 31.8 Å². The average molecular weight is 309 g/mol. The molecule has 1 rings (SSSR count). The van der Waals surface area contributed by atoms with Crippen LogP contribution in [0.3, 0.4) is 0 Å². The SMILES string of the molecule is CCN(CC)CCN(CC(=O)O)Cc1cccc([N+](=O)[O-])c1. The van der Waals surface area contributed by atoms with Gasteiger partial charge in [-0.25, -0.2) is 0 Å². The second kappa shape index (κ2) is 9.11. The molecule has 0 unspecified atom stereocenters. The molecule has 0 heterocycles. The summed E-state index contributed by atoms with van der Waals surface area (Å²) < 4.78 is 0. The number of carboxylic acids is 1. The van der Waals surface area contributed by atoms with E-state index >= 15 is 0 Å². The predicted octanol–water partition coefficient (Wildman–Crippen LogP) is 1.82. The van der Waals surface area contributed by atoms with Gasteiger partial charge in [0.15, 0.2) is 0 Å². The molecule has 7 heteroatoms. The lowest BCUT2D eigenvalue weighted by Gasteiger charge is -2.25. The third kappa shape index (κ3) is 6.19. The van der Waals surface area contributed by atoms with Crippen molar-refractivity contribution >= 4 is 11.7 Å². The van der Waals surface area contributed by atoms with Crippen molar-refractivity contribution in [3.63, 3.8) is 0 Å². The molecule has 1 aromatic carbocycles. The van der Waals surface area contributed by atoms with Crippen molar-refractivity contribution in [2.24, 2.45) is 0 Å². The molecule has 0 spiro atoms. The molecule has 1 N–H and O–H groups in total. The smallest absolute Gasteiger partial charge is 0.317 e. The van der Waals surface area contributed by atoms with Crippen molar-refractivity contribution in [2.75, 3.05) is 32.7 Å². The van der Waals surface area contributed by atoms with Crippen LogP contribution >= 0.6 is 0 Å². The van der Waals surface area contributed by atoms with Gasteiger partial charge in [-0.05, 0) is 18.7 Å². The third-order valence-electron chi connectivity index (χ3n) is 3.51. The summed E-state index contributed by atoms with van der Waals surface area (Å²) in [7, 11) is 0. The summed E-state index contributed by atoms with van der Waals surface area (Å²) in [6.45, 7) is 7.63. The molecular weight excluding hydrogens is 286 g/mol. The van der Waals surface area contributed by atoms with E-state index in [1.54, 1.807) is 17.0 Å². The average Bonchev–Trinajstić information content (AvgIpc) is 2.47. The highest BCUT2D eigenvalue weighted by Crippen LogP contribution is 2.14. The van der Waals surface area contributed by atoms with Crippen molar-refractivity contribution < 1.29 is 14.8 Å². The monoisotopic (exact) mass is 309 g/mol. The van der Waals surface area contributed by atoms with Crippen LogP contribution in [0.1, 0.15) is 19.4 Å². The first-order valence-corrected chi connectivity index (χ1v) is 7.36. The molecule has 0 fully saturated rings. The van der Waals surface area contributed by atoms with Crippen LogP contribution in [0.2, 0.25) is 0 Å². The van der Waals surface area contributed by atoms with Gasteiger partial charge in [0.25, 0.3) is 5.69 Å². The Kier molecular flexibility index (Phi) is 7.48. The van der Waals surface area contributed by atoms with Crippen LogP contribution in [0.25, 0.3) is 0 Å². The van der Waals surface area contributed by atoms with Gasteiger partial charge in [-0.1, -0.05) is 26.0 Å². The van der Waals surface area contributed by atoms with Crippen LogP contribution in [0.15, 0.2) is 24.3 Å². The molecule has 0 amide bonds. The number of nitro benzene ring substituents is 1. The summed E-state index contributed by atoms with van der Waals surface area (Å²) in [5.41, 5.74) is 0.770. The van der Waals surface area contributed by atoms with Crippen LogP contribution in [0, 0.1) is 10.1 Å². The molecule has 1 aromatic rings. The molecule has 0 saturated heterocycles. The minimum absolute atomic E-state index is 0.0246. The molecule has 0 bridgehead atoms. The number of carboxylic acid groups (broad SMARTS) is 1. The van der Waals surface area contributed by atoms with Gasteiger partial charge in [0.2, 0.25) is 0 Å². The lowest BCUT2D eigenvalue weighted by Crippen LogP contribution is -2.37. The van der Waals surface area contributed by atoms with E-state index in [1.807, 2.05) is 0 Å². The number of nitrogens with zero attached hydrogens (tertiary/aromatic N) is 3. The van der Waals surface area contributed by atoms with Crippen LogP contribution in [0.5, 0.6) is 0 Å². The van der Waals surface area contributed by atoms with Crippen molar-refractivity contribution in [1.82, 2.24) is 9.80 Å². The molecular formula is C15H23N3O4. The molecule has 7 nitrogen and oxygen atoms in total. The molecule has 122 valence electrons. The van der Waals surface area contributed by atoms with Gasteiger partial charge in [0.05, 0.1) is 11.5 Å². The van der Waals surface area contributed by atoms with Crippen LogP contribution in [0.4, 0.5) is 5.69 Å². The molecule has 0 aliphatic heterocycles. The third-order valence-corrected chi connectivity index (χ3v) is 3.51. The number of hydrogen-bond acceptors (Lipinski definition) is 5. The fourth-order valence-corrected chi connectivity index (χ4v) is 2.25. The Morgan fingerprint density at radius 1 is 1.23 bits per heavy atom. The summed E-state index contributed by atoms with van der Waals surface area (Å²) >= 11 is 0. The van der Waals surface area contributed by atoms with Gasteiger partial charge in [-0.2, -0.15) is 0 Å². The number of aliphatic carboxylic acids is 1. The topological polar surface area (TPSA) is 86.9 Å². The maximum atomic E-state index is 11.0. The van der Waals surface area contributed by atoms with Gasteiger partial charge >= 0.3 is 5.97 Å². The number of hydrogen-bond donors (Lipinski definition) is 1. The minimum atomic E-state index is -0.898. The van der Waals surface area contributed by atoms with E-state index in [2.05, 4.69) is 18.7 Å². The van der Waals surface area contributed by atoms with Gasteiger partial charge < -0.3 is 10.0 Å². The maximum Gasteiger partial charge on any atom is 0.317 e. The zero-order chi connectivity index (χ0) is 16.5. The lowest BCUT2D eigenvalue weighted by atomic mass is 10.2. The van der Waals surface area contributed by atoms with Gasteiger partial charge in [-0.15, -0.1) is 0 Å². The first-order valence-electron chi connectivity index (χ1n) is 7.36. The molecule has 0 atom stereocenters. The Morgan fingerprint density at radius 2 is 1.86 bits per heavy atom. The molecule has 0 saturated carbocycles. The zero-order valence-corrected chi connectivity index (χ0v) is 13.1. The summed E-state index contributed by atoms with van der Waals surface area (Å²) in [6, 6.07) is 6.32.